The molecule has 4 aromatic carbocycles. The second-order valence-electron chi connectivity index (χ2n) is 12.7. The second kappa shape index (κ2) is 17.3. The molecular formula is C43H36F2N2O8. The third-order valence-corrected chi connectivity index (χ3v) is 8.18. The number of halogens is 2. The number of carbonyl (C=O) groups is 2. The first kappa shape index (κ1) is 38.5. The summed E-state index contributed by atoms with van der Waals surface area (Å²) < 4.78 is 48.3. The average molecular weight is 747 g/mol. The maximum Gasteiger partial charge on any atom is 0.212 e. The second-order valence-corrected chi connectivity index (χ2v) is 12.7. The topological polar surface area (TPSA) is 137 Å². The van der Waals surface area contributed by atoms with Crippen LogP contribution in [0.25, 0.3) is 22.5 Å². The molecule has 0 spiro atoms. The van der Waals surface area contributed by atoms with Crippen molar-refractivity contribution in [3.05, 3.63) is 156 Å². The first-order chi connectivity index (χ1) is 26.5. The molecule has 0 aliphatic carbocycles. The van der Waals surface area contributed by atoms with Crippen molar-refractivity contribution in [3.8, 4) is 45.5 Å². The molecule has 0 amide bonds. The van der Waals surface area contributed by atoms with Crippen molar-refractivity contribution in [1.82, 2.24) is 9.97 Å². The predicted molar refractivity (Wildman–Crippen MR) is 199 cm³/mol. The zero-order valence-corrected chi connectivity index (χ0v) is 29.8. The third kappa shape index (κ3) is 10.3. The van der Waals surface area contributed by atoms with E-state index in [9.17, 15) is 23.5 Å². The highest BCUT2D eigenvalue weighted by Gasteiger charge is 2.37. The van der Waals surface area contributed by atoms with E-state index in [1.807, 2.05) is 18.2 Å². The fourth-order valence-electron chi connectivity index (χ4n) is 5.37. The molecular weight excluding hydrogens is 710 g/mol. The lowest BCUT2D eigenvalue weighted by atomic mass is 10.1. The van der Waals surface area contributed by atoms with E-state index >= 15 is 0 Å². The number of aromatic nitrogens is 2. The van der Waals surface area contributed by atoms with Gasteiger partial charge in [-0.2, -0.15) is 0 Å². The third-order valence-electron chi connectivity index (χ3n) is 8.18. The summed E-state index contributed by atoms with van der Waals surface area (Å²) in [6.45, 7) is 3.12. The molecule has 12 heteroatoms. The summed E-state index contributed by atoms with van der Waals surface area (Å²) in [5, 5.41) is 18.3. The van der Waals surface area contributed by atoms with Gasteiger partial charge in [-0.1, -0.05) is 12.1 Å². The molecule has 6 aromatic rings. The summed E-state index contributed by atoms with van der Waals surface area (Å²) in [6, 6.07) is 36.0. The monoisotopic (exact) mass is 746 g/mol. The molecule has 280 valence electrons. The number of aliphatic hydroxyl groups excluding tert-OH is 2. The van der Waals surface area contributed by atoms with Crippen LogP contribution in [-0.4, -0.2) is 63.0 Å². The molecule has 1 aliphatic heterocycles. The van der Waals surface area contributed by atoms with Crippen molar-refractivity contribution in [2.24, 2.45) is 0 Å². The molecule has 1 saturated heterocycles. The van der Waals surface area contributed by atoms with E-state index in [-0.39, 0.29) is 29.7 Å². The highest BCUT2D eigenvalue weighted by molar-refractivity contribution is 5.99. The van der Waals surface area contributed by atoms with Crippen LogP contribution in [-0.2, 0) is 9.47 Å². The van der Waals surface area contributed by atoms with Gasteiger partial charge in [-0.05, 0) is 135 Å². The Hall–Kier alpha value is -6.18. The van der Waals surface area contributed by atoms with Crippen LogP contribution in [0.15, 0.2) is 133 Å². The number of hydrogen-bond acceptors (Lipinski definition) is 10. The predicted octanol–water partition coefficient (Wildman–Crippen LogP) is 8.23. The zero-order chi connectivity index (χ0) is 39.0. The number of pyridine rings is 2. The van der Waals surface area contributed by atoms with Gasteiger partial charge < -0.3 is 29.2 Å². The Kier molecular flexibility index (Phi) is 12.1. The molecule has 10 nitrogen and oxygen atoms in total. The molecule has 7 rings (SSSR count). The summed E-state index contributed by atoms with van der Waals surface area (Å²) in [6.07, 6.45) is -2.14. The Morgan fingerprint density at radius 1 is 0.691 bits per heavy atom. The number of nitrogens with zero attached hydrogens (tertiary/aromatic N) is 2. The van der Waals surface area contributed by atoms with Crippen molar-refractivity contribution in [2.75, 3.05) is 13.2 Å². The first-order valence-electron chi connectivity index (χ1n) is 17.2. The minimum Gasteiger partial charge on any atom is -0.457 e. The van der Waals surface area contributed by atoms with E-state index in [2.05, 4.69) is 9.97 Å². The Bertz CT molecular complexity index is 2230. The normalized spacial score (nSPS) is 15.0. The molecule has 0 unspecified atom stereocenters. The number of Topliss-reactive ketones (excluding diaryl/α,β-unsaturated/α-hetero) is 2. The van der Waals surface area contributed by atoms with Crippen LogP contribution in [0.1, 0.15) is 34.8 Å². The minimum absolute atomic E-state index is 0.0793. The van der Waals surface area contributed by atoms with E-state index in [0.717, 1.165) is 11.1 Å². The van der Waals surface area contributed by atoms with E-state index in [0.29, 0.717) is 40.1 Å². The van der Waals surface area contributed by atoms with Crippen LogP contribution >= 0.6 is 0 Å². The molecule has 1 aliphatic rings. The van der Waals surface area contributed by atoms with Crippen molar-refractivity contribution >= 4 is 11.6 Å². The highest BCUT2D eigenvalue weighted by atomic mass is 19.1. The van der Waals surface area contributed by atoms with E-state index in [1.54, 1.807) is 86.6 Å². The van der Waals surface area contributed by atoms with Crippen molar-refractivity contribution in [3.63, 3.8) is 0 Å². The number of ether oxygens (including phenoxy) is 4. The van der Waals surface area contributed by atoms with Crippen molar-refractivity contribution in [1.29, 1.82) is 0 Å². The minimum atomic E-state index is -1.48. The lowest BCUT2D eigenvalue weighted by Gasteiger charge is -2.16. The van der Waals surface area contributed by atoms with E-state index < -0.39 is 30.4 Å². The Morgan fingerprint density at radius 3 is 1.53 bits per heavy atom. The van der Waals surface area contributed by atoms with Gasteiger partial charge in [0.25, 0.3) is 0 Å². The van der Waals surface area contributed by atoms with Gasteiger partial charge in [-0.25, -0.2) is 18.7 Å². The molecule has 3 heterocycles. The summed E-state index contributed by atoms with van der Waals surface area (Å²) in [5.41, 5.74) is 3.23. The smallest absolute Gasteiger partial charge is 0.212 e. The molecule has 55 heavy (non-hydrogen) atoms. The van der Waals surface area contributed by atoms with Crippen LogP contribution in [0.4, 0.5) is 8.78 Å². The van der Waals surface area contributed by atoms with Gasteiger partial charge in [-0.3, -0.25) is 9.59 Å². The Balaban J connectivity index is 0.000000188. The highest BCUT2D eigenvalue weighted by Crippen LogP contribution is 2.28. The van der Waals surface area contributed by atoms with Gasteiger partial charge in [0.05, 0.1) is 24.6 Å². The quantitative estimate of drug-likeness (QED) is 0.125. The molecule has 0 saturated carbocycles. The number of rotatable bonds is 11. The Labute approximate surface area is 315 Å². The average Bonchev–Trinajstić information content (AvgIpc) is 3.58. The lowest BCUT2D eigenvalue weighted by molar-refractivity contribution is -0.133. The van der Waals surface area contributed by atoms with E-state index in [1.165, 1.54) is 42.5 Å². The van der Waals surface area contributed by atoms with Gasteiger partial charge in [0, 0.05) is 11.1 Å². The zero-order valence-electron chi connectivity index (χ0n) is 29.8. The summed E-state index contributed by atoms with van der Waals surface area (Å²) >= 11 is 0. The lowest BCUT2D eigenvalue weighted by Crippen LogP contribution is -2.27. The fraction of sp³-hybridized carbons (Fsp3) is 0.163. The van der Waals surface area contributed by atoms with Crippen molar-refractivity contribution in [2.45, 2.75) is 31.8 Å². The van der Waals surface area contributed by atoms with Crippen LogP contribution in [0.2, 0.25) is 0 Å². The molecule has 2 aromatic heterocycles. The van der Waals surface area contributed by atoms with Gasteiger partial charge in [0.15, 0.2) is 5.79 Å². The van der Waals surface area contributed by atoms with Crippen molar-refractivity contribution < 1.29 is 47.5 Å². The summed E-state index contributed by atoms with van der Waals surface area (Å²) in [5.74, 6) is 0.00683. The molecule has 1 fully saturated rings. The summed E-state index contributed by atoms with van der Waals surface area (Å²) in [4.78, 5) is 33.3. The van der Waals surface area contributed by atoms with Crippen LogP contribution in [0, 0.1) is 11.6 Å². The summed E-state index contributed by atoms with van der Waals surface area (Å²) in [7, 11) is 0. The van der Waals surface area contributed by atoms with Crippen LogP contribution in [0.5, 0.6) is 23.0 Å². The van der Waals surface area contributed by atoms with E-state index in [4.69, 9.17) is 24.1 Å². The number of carbonyl (C=O) groups excluding carboxylic acids is 2. The fourth-order valence-corrected chi connectivity index (χ4v) is 5.37. The van der Waals surface area contributed by atoms with Gasteiger partial charge in [0.1, 0.15) is 58.2 Å². The molecule has 0 bridgehead atoms. The first-order valence-corrected chi connectivity index (χ1v) is 17.2. The van der Waals surface area contributed by atoms with Gasteiger partial charge in [0.2, 0.25) is 11.6 Å². The van der Waals surface area contributed by atoms with Gasteiger partial charge in [-0.15, -0.1) is 0 Å². The maximum absolute atomic E-state index is 13.0. The standard InChI is InChI=1S/C23H20FNO4.C20H16FNO4/c1-23(2)27-14-21(29-23)22(26)20-5-3-4-19(25-20)15-6-10-17(11-7-15)28-18-12-8-16(24)9-13-18;21-14-6-10-16(11-7-14)26-15-8-4-13(5-9-15)17-2-1-3-18(22-17)20(25)19(24)12-23/h3-13,21H,14H2,1-2H3;1-11,19,23-24H,12H2/t21-;19-/m11/s1. The molecule has 2 atom stereocenters. The number of ketones is 2. The maximum atomic E-state index is 13.0. The number of aliphatic hydroxyl groups is 2. The Morgan fingerprint density at radius 2 is 1.11 bits per heavy atom. The van der Waals surface area contributed by atoms with Gasteiger partial charge >= 0.3 is 0 Å². The van der Waals surface area contributed by atoms with Crippen LogP contribution < -0.4 is 9.47 Å². The largest absolute Gasteiger partial charge is 0.457 e. The number of hydrogen-bond donors (Lipinski definition) is 2. The van der Waals surface area contributed by atoms with Crippen LogP contribution in [0.3, 0.4) is 0 Å². The SMILES string of the molecule is CC1(C)OC[C@H](C(=O)c2cccc(-c3ccc(Oc4ccc(F)cc4)cc3)n2)O1.O=C(c1cccc(-c2ccc(Oc3ccc(F)cc3)cc2)n1)[C@H](O)CO. The molecule has 2 N–H and O–H groups in total. The molecule has 0 radical (unpaired) electrons. The number of benzene rings is 4.